The van der Waals surface area contributed by atoms with E-state index in [0.717, 1.165) is 0 Å². The average Bonchev–Trinajstić information content (AvgIpc) is 2.58. The Balaban J connectivity index is 2.70. The Morgan fingerprint density at radius 3 is 2.69 bits per heavy atom. The Kier molecular flexibility index (Phi) is 2.55. The van der Waals surface area contributed by atoms with E-state index in [1.54, 1.807) is 13.1 Å². The van der Waals surface area contributed by atoms with E-state index in [2.05, 4.69) is 15.1 Å². The van der Waals surface area contributed by atoms with Crippen LogP contribution >= 0.6 is 0 Å². The lowest BCUT2D eigenvalue weighted by Gasteiger charge is -1.99. The minimum Gasteiger partial charge on any atom is -0.294 e. The molecular formula is C9H10N4O2S. The lowest BCUT2D eigenvalue weighted by Crippen LogP contribution is -2.03. The van der Waals surface area contributed by atoms with Crippen molar-refractivity contribution in [2.45, 2.75) is 19.0 Å². The molecule has 0 radical (unpaired) electrons. The Hall–Kier alpha value is -1.63. The van der Waals surface area contributed by atoms with Gasteiger partial charge in [0, 0.05) is 12.5 Å². The molecule has 1 atom stereocenters. The van der Waals surface area contributed by atoms with Gasteiger partial charge in [0.05, 0.1) is 22.1 Å². The van der Waals surface area contributed by atoms with Gasteiger partial charge < -0.3 is 0 Å². The molecule has 7 heteroatoms. The summed E-state index contributed by atoms with van der Waals surface area (Å²) in [6.45, 7) is 3.19. The largest absolute Gasteiger partial charge is 0.294 e. The summed E-state index contributed by atoms with van der Waals surface area (Å²) < 4.78 is 12.6. The van der Waals surface area contributed by atoms with Crippen LogP contribution in [0.25, 0.3) is 5.78 Å². The number of carbonyl (C=O) groups excluding carboxylic acids is 1. The van der Waals surface area contributed by atoms with Gasteiger partial charge in [-0.2, -0.15) is 4.98 Å². The minimum atomic E-state index is -1.25. The Bertz CT molecular complexity index is 605. The average molecular weight is 238 g/mol. The second-order valence-electron chi connectivity index (χ2n) is 3.39. The number of hydrogen-bond donors (Lipinski definition) is 0. The van der Waals surface area contributed by atoms with Crippen molar-refractivity contribution in [1.29, 1.82) is 0 Å². The van der Waals surface area contributed by atoms with Gasteiger partial charge >= 0.3 is 0 Å². The molecule has 0 amide bonds. The predicted octanol–water partition coefficient (Wildman–Crippen LogP) is 0.373. The molecule has 2 aromatic rings. The van der Waals surface area contributed by atoms with Gasteiger partial charge in [0.2, 0.25) is 5.16 Å². The SMILES string of the molecule is CC(=O)c1cn2nc(S(C)=O)nc2nc1C. The van der Waals surface area contributed by atoms with E-state index in [9.17, 15) is 9.00 Å². The summed E-state index contributed by atoms with van der Waals surface area (Å²) >= 11 is 0. The fourth-order valence-electron chi connectivity index (χ4n) is 1.35. The number of hydrogen-bond acceptors (Lipinski definition) is 5. The number of carbonyl (C=O) groups is 1. The molecular weight excluding hydrogens is 228 g/mol. The van der Waals surface area contributed by atoms with Crippen LogP contribution in [0.3, 0.4) is 0 Å². The third-order valence-electron chi connectivity index (χ3n) is 2.14. The summed E-state index contributed by atoms with van der Waals surface area (Å²) in [7, 11) is -1.25. The molecule has 2 rings (SSSR count). The van der Waals surface area contributed by atoms with Gasteiger partial charge in [-0.05, 0) is 13.8 Å². The fourth-order valence-corrected chi connectivity index (χ4v) is 1.77. The van der Waals surface area contributed by atoms with Crippen LogP contribution in [0.2, 0.25) is 0 Å². The number of aryl methyl sites for hydroxylation is 1. The summed E-state index contributed by atoms with van der Waals surface area (Å²) in [5.41, 5.74) is 1.09. The second kappa shape index (κ2) is 3.75. The Labute approximate surface area is 94.2 Å². The first kappa shape index (κ1) is 10.9. The van der Waals surface area contributed by atoms with E-state index in [-0.39, 0.29) is 10.9 Å². The molecule has 0 saturated heterocycles. The third kappa shape index (κ3) is 1.73. The molecule has 0 N–H and O–H groups in total. The van der Waals surface area contributed by atoms with Crippen molar-refractivity contribution in [3.8, 4) is 0 Å². The lowest BCUT2D eigenvalue weighted by molar-refractivity contribution is 0.101. The van der Waals surface area contributed by atoms with Crippen molar-refractivity contribution in [2.24, 2.45) is 0 Å². The number of Topliss-reactive ketones (excluding diaryl/α,β-unsaturated/α-hetero) is 1. The zero-order chi connectivity index (χ0) is 11.9. The first-order valence-corrected chi connectivity index (χ1v) is 6.13. The smallest absolute Gasteiger partial charge is 0.253 e. The van der Waals surface area contributed by atoms with E-state index in [4.69, 9.17) is 0 Å². The highest BCUT2D eigenvalue weighted by Crippen LogP contribution is 2.08. The van der Waals surface area contributed by atoms with Crippen molar-refractivity contribution < 1.29 is 9.00 Å². The molecule has 0 bridgehead atoms. The molecule has 0 fully saturated rings. The summed E-state index contributed by atoms with van der Waals surface area (Å²) in [6, 6.07) is 0. The summed E-state index contributed by atoms with van der Waals surface area (Å²) in [5.74, 6) is 0.272. The van der Waals surface area contributed by atoms with Gasteiger partial charge in [0.25, 0.3) is 5.78 Å². The summed E-state index contributed by atoms with van der Waals surface area (Å²) in [6.07, 6.45) is 3.05. The van der Waals surface area contributed by atoms with Gasteiger partial charge in [-0.25, -0.2) is 9.50 Å². The minimum absolute atomic E-state index is 0.0819. The zero-order valence-corrected chi connectivity index (χ0v) is 9.91. The highest BCUT2D eigenvalue weighted by Gasteiger charge is 2.12. The van der Waals surface area contributed by atoms with Crippen LogP contribution in [0.15, 0.2) is 11.4 Å². The maximum absolute atomic E-state index is 11.3. The number of rotatable bonds is 2. The first-order chi connectivity index (χ1) is 7.49. The maximum Gasteiger partial charge on any atom is 0.253 e. The second-order valence-corrected chi connectivity index (χ2v) is 4.66. The molecule has 0 spiro atoms. The number of fused-ring (bicyclic) bond motifs is 1. The highest BCUT2D eigenvalue weighted by atomic mass is 32.2. The van der Waals surface area contributed by atoms with Crippen LogP contribution in [-0.4, -0.2) is 35.8 Å². The van der Waals surface area contributed by atoms with E-state index in [1.165, 1.54) is 17.7 Å². The third-order valence-corrected chi connectivity index (χ3v) is 2.83. The topological polar surface area (TPSA) is 77.2 Å². The van der Waals surface area contributed by atoms with E-state index < -0.39 is 10.8 Å². The molecule has 2 heterocycles. The van der Waals surface area contributed by atoms with Crippen LogP contribution in [0, 0.1) is 6.92 Å². The normalized spacial score (nSPS) is 12.9. The number of aromatic nitrogens is 4. The summed E-state index contributed by atoms with van der Waals surface area (Å²) in [5, 5.41) is 4.20. The molecule has 0 aliphatic heterocycles. The van der Waals surface area contributed by atoms with Crippen molar-refractivity contribution >= 4 is 22.4 Å². The zero-order valence-electron chi connectivity index (χ0n) is 9.09. The van der Waals surface area contributed by atoms with Crippen LogP contribution in [0.4, 0.5) is 0 Å². The molecule has 0 aliphatic rings. The highest BCUT2D eigenvalue weighted by molar-refractivity contribution is 7.84. The summed E-state index contributed by atoms with van der Waals surface area (Å²) in [4.78, 5) is 19.4. The first-order valence-electron chi connectivity index (χ1n) is 4.57. The van der Waals surface area contributed by atoms with Crippen molar-refractivity contribution in [3.05, 3.63) is 17.5 Å². The fraction of sp³-hybridized carbons (Fsp3) is 0.333. The maximum atomic E-state index is 11.3. The van der Waals surface area contributed by atoms with Crippen molar-refractivity contribution in [1.82, 2.24) is 19.6 Å². The van der Waals surface area contributed by atoms with Crippen LogP contribution in [0.1, 0.15) is 23.0 Å². The van der Waals surface area contributed by atoms with Gasteiger partial charge in [-0.3, -0.25) is 9.00 Å². The van der Waals surface area contributed by atoms with E-state index in [0.29, 0.717) is 17.0 Å². The molecule has 0 aromatic carbocycles. The standard InChI is InChI=1S/C9H10N4O2S/c1-5-7(6(2)14)4-13-8(10-5)11-9(12-13)16(3)15/h4H,1-3H3. The quantitative estimate of drug-likeness (QED) is 0.706. The monoisotopic (exact) mass is 238 g/mol. The molecule has 1 unspecified atom stereocenters. The van der Waals surface area contributed by atoms with Gasteiger partial charge in [-0.1, -0.05) is 0 Å². The number of nitrogens with zero attached hydrogens (tertiary/aromatic N) is 4. The Morgan fingerprint density at radius 2 is 2.12 bits per heavy atom. The lowest BCUT2D eigenvalue weighted by atomic mass is 10.2. The molecule has 6 nitrogen and oxygen atoms in total. The molecule has 2 aromatic heterocycles. The predicted molar refractivity (Wildman–Crippen MR) is 57.9 cm³/mol. The van der Waals surface area contributed by atoms with Crippen LogP contribution < -0.4 is 0 Å². The van der Waals surface area contributed by atoms with Gasteiger partial charge in [0.1, 0.15) is 0 Å². The molecule has 16 heavy (non-hydrogen) atoms. The van der Waals surface area contributed by atoms with E-state index in [1.807, 2.05) is 0 Å². The molecule has 0 saturated carbocycles. The number of ketones is 1. The van der Waals surface area contributed by atoms with Crippen LogP contribution in [0.5, 0.6) is 0 Å². The molecule has 0 aliphatic carbocycles. The van der Waals surface area contributed by atoms with Crippen molar-refractivity contribution in [2.75, 3.05) is 6.26 Å². The Morgan fingerprint density at radius 1 is 1.44 bits per heavy atom. The van der Waals surface area contributed by atoms with Gasteiger partial charge in [-0.15, -0.1) is 5.10 Å². The molecule has 84 valence electrons. The van der Waals surface area contributed by atoms with Crippen molar-refractivity contribution in [3.63, 3.8) is 0 Å². The van der Waals surface area contributed by atoms with E-state index >= 15 is 0 Å². The van der Waals surface area contributed by atoms with Crippen LogP contribution in [-0.2, 0) is 10.8 Å². The van der Waals surface area contributed by atoms with Gasteiger partial charge in [0.15, 0.2) is 5.78 Å².